The molecule has 0 aliphatic carbocycles. The Labute approximate surface area is 170 Å². The van der Waals surface area contributed by atoms with Gasteiger partial charge in [0.15, 0.2) is 5.69 Å². The highest BCUT2D eigenvalue weighted by atomic mass is 16.5. The number of carbonyl (C=O) groups is 1. The van der Waals surface area contributed by atoms with Crippen LogP contribution in [0.25, 0.3) is 0 Å². The average Bonchev–Trinajstić information content (AvgIpc) is 2.67. The lowest BCUT2D eigenvalue weighted by Gasteiger charge is -2.20. The zero-order valence-electron chi connectivity index (χ0n) is 17.5. The van der Waals surface area contributed by atoms with E-state index < -0.39 is 17.2 Å². The summed E-state index contributed by atoms with van der Waals surface area (Å²) in [6, 6.07) is 6.72. The Kier molecular flexibility index (Phi) is 7.64. The van der Waals surface area contributed by atoms with Crippen molar-refractivity contribution in [2.75, 3.05) is 24.3 Å². The molecule has 0 unspecified atom stereocenters. The first-order valence-corrected chi connectivity index (χ1v) is 9.89. The summed E-state index contributed by atoms with van der Waals surface area (Å²) in [5, 5.41) is 0. The molecule has 29 heavy (non-hydrogen) atoms. The van der Waals surface area contributed by atoms with Crippen molar-refractivity contribution in [3.8, 4) is 5.75 Å². The number of aromatic amines is 1. The molecule has 2 aromatic rings. The Morgan fingerprint density at radius 2 is 1.90 bits per heavy atom. The molecule has 0 saturated heterocycles. The van der Waals surface area contributed by atoms with Gasteiger partial charge in [-0.15, -0.1) is 0 Å². The minimum Gasteiger partial charge on any atom is -0.494 e. The Morgan fingerprint density at radius 3 is 2.48 bits per heavy atom. The topological polar surface area (TPSA) is 110 Å². The van der Waals surface area contributed by atoms with E-state index in [2.05, 4.69) is 18.8 Å². The molecule has 8 heteroatoms. The van der Waals surface area contributed by atoms with E-state index in [-0.39, 0.29) is 11.5 Å². The number of rotatable bonds is 9. The SMILES string of the molecule is CCCCn1c(N)c(N(C)C(=O)c2ccc(OCCC(C)C)cc2)c(=O)[nH]c1=O. The highest BCUT2D eigenvalue weighted by Gasteiger charge is 2.22. The van der Waals surface area contributed by atoms with E-state index in [4.69, 9.17) is 10.5 Å². The Morgan fingerprint density at radius 1 is 1.24 bits per heavy atom. The van der Waals surface area contributed by atoms with Crippen molar-refractivity contribution in [2.45, 2.75) is 46.6 Å². The normalized spacial score (nSPS) is 10.9. The van der Waals surface area contributed by atoms with E-state index in [1.165, 1.54) is 16.5 Å². The number of nitrogens with two attached hydrogens (primary N) is 1. The number of nitrogen functional groups attached to an aromatic ring is 1. The first-order valence-electron chi connectivity index (χ1n) is 9.89. The van der Waals surface area contributed by atoms with Gasteiger partial charge in [-0.3, -0.25) is 19.1 Å². The molecule has 1 aromatic carbocycles. The van der Waals surface area contributed by atoms with Gasteiger partial charge in [0.05, 0.1) is 6.61 Å². The maximum Gasteiger partial charge on any atom is 0.330 e. The maximum absolute atomic E-state index is 12.9. The standard InChI is InChI=1S/C21H30N4O4/c1-5-6-12-25-18(22)17(19(26)23-21(25)28)24(4)20(27)15-7-9-16(10-8-15)29-13-11-14(2)3/h7-10,14H,5-6,11-13,22H2,1-4H3,(H,23,26,28). The van der Waals surface area contributed by atoms with E-state index in [0.29, 0.717) is 30.4 Å². The van der Waals surface area contributed by atoms with Gasteiger partial charge in [-0.1, -0.05) is 27.2 Å². The van der Waals surface area contributed by atoms with Gasteiger partial charge in [0.1, 0.15) is 11.6 Å². The molecule has 0 atom stereocenters. The molecule has 2 rings (SSSR count). The van der Waals surface area contributed by atoms with Crippen LogP contribution in [0.4, 0.5) is 11.5 Å². The number of amides is 1. The molecule has 0 aliphatic rings. The van der Waals surface area contributed by atoms with Crippen LogP contribution in [0.3, 0.4) is 0 Å². The molecule has 1 aromatic heterocycles. The molecule has 0 saturated carbocycles. The van der Waals surface area contributed by atoms with Gasteiger partial charge < -0.3 is 15.4 Å². The zero-order valence-corrected chi connectivity index (χ0v) is 17.5. The average molecular weight is 402 g/mol. The number of nitrogens with zero attached hydrogens (tertiary/aromatic N) is 2. The number of hydrogen-bond acceptors (Lipinski definition) is 5. The molecule has 158 valence electrons. The number of unbranched alkanes of at least 4 members (excludes halogenated alkanes) is 1. The predicted octanol–water partition coefficient (Wildman–Crippen LogP) is 2.62. The van der Waals surface area contributed by atoms with Crippen LogP contribution in [0.15, 0.2) is 33.9 Å². The molecular weight excluding hydrogens is 372 g/mol. The second-order valence-corrected chi connectivity index (χ2v) is 7.42. The summed E-state index contributed by atoms with van der Waals surface area (Å²) in [5.74, 6) is 0.803. The van der Waals surface area contributed by atoms with E-state index in [9.17, 15) is 14.4 Å². The summed E-state index contributed by atoms with van der Waals surface area (Å²) in [6.07, 6.45) is 2.53. The van der Waals surface area contributed by atoms with Crippen molar-refractivity contribution >= 4 is 17.4 Å². The Bertz CT molecular complexity index is 945. The van der Waals surface area contributed by atoms with Crippen molar-refractivity contribution in [2.24, 2.45) is 5.92 Å². The number of benzene rings is 1. The van der Waals surface area contributed by atoms with Crippen molar-refractivity contribution in [1.82, 2.24) is 9.55 Å². The molecule has 3 N–H and O–H groups in total. The lowest BCUT2D eigenvalue weighted by molar-refractivity contribution is 0.0992. The second kappa shape index (κ2) is 9.95. The summed E-state index contributed by atoms with van der Waals surface area (Å²) in [6.45, 7) is 7.21. The van der Waals surface area contributed by atoms with Crippen LogP contribution >= 0.6 is 0 Å². The number of anilines is 2. The Hall–Kier alpha value is -3.03. The van der Waals surface area contributed by atoms with Crippen LogP contribution < -0.4 is 26.6 Å². The van der Waals surface area contributed by atoms with Crippen molar-refractivity contribution < 1.29 is 9.53 Å². The van der Waals surface area contributed by atoms with E-state index in [1.54, 1.807) is 24.3 Å². The van der Waals surface area contributed by atoms with Gasteiger partial charge in [0.25, 0.3) is 11.5 Å². The van der Waals surface area contributed by atoms with Crippen LogP contribution in [0.2, 0.25) is 0 Å². The summed E-state index contributed by atoms with van der Waals surface area (Å²) < 4.78 is 6.95. The lowest BCUT2D eigenvalue weighted by Crippen LogP contribution is -2.39. The summed E-state index contributed by atoms with van der Waals surface area (Å²) in [7, 11) is 1.46. The number of H-pyrrole nitrogens is 1. The van der Waals surface area contributed by atoms with Crippen LogP contribution in [0, 0.1) is 5.92 Å². The van der Waals surface area contributed by atoms with Gasteiger partial charge in [-0.05, 0) is 43.0 Å². The number of aromatic nitrogens is 2. The van der Waals surface area contributed by atoms with E-state index in [1.807, 2.05) is 6.92 Å². The first kappa shape index (κ1) is 22.3. The van der Waals surface area contributed by atoms with Crippen molar-refractivity contribution in [3.63, 3.8) is 0 Å². The van der Waals surface area contributed by atoms with Gasteiger partial charge in [-0.2, -0.15) is 0 Å². The van der Waals surface area contributed by atoms with Crippen molar-refractivity contribution in [3.05, 3.63) is 50.7 Å². The van der Waals surface area contributed by atoms with Crippen LogP contribution in [0.5, 0.6) is 5.75 Å². The molecule has 1 heterocycles. The number of nitrogens with one attached hydrogen (secondary N) is 1. The molecule has 0 spiro atoms. The molecule has 0 bridgehead atoms. The van der Waals surface area contributed by atoms with Crippen LogP contribution in [-0.4, -0.2) is 29.1 Å². The lowest BCUT2D eigenvalue weighted by atomic mass is 10.1. The first-order chi connectivity index (χ1) is 13.8. The van der Waals surface area contributed by atoms with E-state index >= 15 is 0 Å². The maximum atomic E-state index is 12.9. The predicted molar refractivity (Wildman–Crippen MR) is 115 cm³/mol. The van der Waals surface area contributed by atoms with Crippen molar-refractivity contribution in [1.29, 1.82) is 0 Å². The fourth-order valence-corrected chi connectivity index (χ4v) is 2.84. The minimum absolute atomic E-state index is 0.0170. The number of carbonyl (C=O) groups excluding carboxylic acids is 1. The second-order valence-electron chi connectivity index (χ2n) is 7.42. The monoisotopic (exact) mass is 402 g/mol. The van der Waals surface area contributed by atoms with Crippen LogP contribution in [0.1, 0.15) is 50.4 Å². The third-order valence-corrected chi connectivity index (χ3v) is 4.65. The smallest absolute Gasteiger partial charge is 0.330 e. The third kappa shape index (κ3) is 5.49. The molecule has 8 nitrogen and oxygen atoms in total. The third-order valence-electron chi connectivity index (χ3n) is 4.65. The van der Waals surface area contributed by atoms with E-state index in [0.717, 1.165) is 19.3 Å². The summed E-state index contributed by atoms with van der Waals surface area (Å²) in [4.78, 5) is 40.7. The summed E-state index contributed by atoms with van der Waals surface area (Å²) >= 11 is 0. The van der Waals surface area contributed by atoms with Gasteiger partial charge in [0, 0.05) is 19.2 Å². The highest BCUT2D eigenvalue weighted by Crippen LogP contribution is 2.20. The molecule has 0 aliphatic heterocycles. The van der Waals surface area contributed by atoms with Gasteiger partial charge >= 0.3 is 5.69 Å². The largest absolute Gasteiger partial charge is 0.494 e. The quantitative estimate of drug-likeness (QED) is 0.670. The highest BCUT2D eigenvalue weighted by molar-refractivity contribution is 6.06. The molecular formula is C21H30N4O4. The number of ether oxygens (including phenoxy) is 1. The minimum atomic E-state index is -0.690. The zero-order chi connectivity index (χ0) is 21.6. The Balaban J connectivity index is 2.23. The van der Waals surface area contributed by atoms with Gasteiger partial charge in [0.2, 0.25) is 0 Å². The molecule has 0 radical (unpaired) electrons. The summed E-state index contributed by atoms with van der Waals surface area (Å²) in [5.41, 5.74) is 5.15. The fourth-order valence-electron chi connectivity index (χ4n) is 2.84. The van der Waals surface area contributed by atoms with Crippen LogP contribution in [-0.2, 0) is 6.54 Å². The molecule has 1 amide bonds. The van der Waals surface area contributed by atoms with Gasteiger partial charge in [-0.25, -0.2) is 4.79 Å². The number of hydrogen-bond donors (Lipinski definition) is 2. The fraction of sp³-hybridized carbons (Fsp3) is 0.476. The molecule has 0 fully saturated rings.